The van der Waals surface area contributed by atoms with Gasteiger partial charge in [0.15, 0.2) is 5.82 Å². The van der Waals surface area contributed by atoms with Crippen LogP contribution in [0.1, 0.15) is 45.8 Å². The van der Waals surface area contributed by atoms with Gasteiger partial charge in [0, 0.05) is 27.9 Å². The van der Waals surface area contributed by atoms with Crippen LogP contribution in [-0.2, 0) is 12.5 Å². The van der Waals surface area contributed by atoms with E-state index in [1.165, 1.54) is 10.1 Å². The molecule has 0 atom stereocenters. The minimum Gasteiger partial charge on any atom is -0.454 e. The summed E-state index contributed by atoms with van der Waals surface area (Å²) in [7, 11) is 1.61. The first-order chi connectivity index (χ1) is 20.4. The van der Waals surface area contributed by atoms with Crippen LogP contribution in [0.15, 0.2) is 89.4 Å². The van der Waals surface area contributed by atoms with Crippen molar-refractivity contribution in [3.8, 4) is 39.6 Å². The summed E-state index contributed by atoms with van der Waals surface area (Å²) in [6, 6.07) is 26.5. The fraction of sp³-hybridized carbons (Fsp3) is 0.189. The van der Waals surface area contributed by atoms with E-state index in [1.54, 1.807) is 7.05 Å². The predicted molar refractivity (Wildman–Crippen MR) is 164 cm³/mol. The minimum atomic E-state index is -0.687. The molecule has 0 radical (unpaired) electrons. The van der Waals surface area contributed by atoms with Crippen molar-refractivity contribution in [2.45, 2.75) is 40.0 Å². The van der Waals surface area contributed by atoms with Crippen LogP contribution in [0, 0.1) is 31.0 Å². The number of aromatic nitrogens is 1. The standard InChI is InChI=1S/C37H32FN2O/c1-22-7-10-24(11-8-22)25-12-14-26(15-13-25)34-27(20-39)16-18-29-28-17-9-23(2)33(35(28)41-36(29)34)32-19-30(37(3,4)5)31(38)21-40(32)6/h7-19,21H,1-6H3/q+1/i19D,21D. The van der Waals surface area contributed by atoms with Crippen molar-refractivity contribution in [2.24, 2.45) is 7.05 Å². The topological polar surface area (TPSA) is 40.8 Å². The Hall–Kier alpha value is -4.75. The Kier molecular flexibility index (Phi) is 5.70. The van der Waals surface area contributed by atoms with Gasteiger partial charge in [-0.1, -0.05) is 87.0 Å². The second-order valence-electron chi connectivity index (χ2n) is 11.7. The molecule has 0 aliphatic heterocycles. The molecule has 6 aromatic rings. The van der Waals surface area contributed by atoms with Gasteiger partial charge in [0.2, 0.25) is 11.9 Å². The highest BCUT2D eigenvalue weighted by Gasteiger charge is 2.28. The number of benzene rings is 4. The van der Waals surface area contributed by atoms with Gasteiger partial charge in [-0.3, -0.25) is 0 Å². The summed E-state index contributed by atoms with van der Waals surface area (Å²) < 4.78 is 41.2. The molecular formula is C37H32FN2O+. The van der Waals surface area contributed by atoms with Gasteiger partial charge in [0.25, 0.3) is 0 Å². The van der Waals surface area contributed by atoms with E-state index in [0.717, 1.165) is 33.0 Å². The average Bonchev–Trinajstić information content (AvgIpc) is 3.35. The Morgan fingerprint density at radius 3 is 1.98 bits per heavy atom. The third-order valence-corrected chi connectivity index (χ3v) is 7.75. The van der Waals surface area contributed by atoms with E-state index >= 15 is 4.39 Å². The fourth-order valence-electron chi connectivity index (χ4n) is 5.51. The van der Waals surface area contributed by atoms with Crippen LogP contribution in [0.4, 0.5) is 4.39 Å². The molecule has 2 aromatic heterocycles. The monoisotopic (exact) mass is 541 g/mol. The van der Waals surface area contributed by atoms with Crippen molar-refractivity contribution in [1.29, 1.82) is 5.26 Å². The second-order valence-corrected chi connectivity index (χ2v) is 11.7. The number of hydrogen-bond donors (Lipinski definition) is 0. The number of nitrogens with zero attached hydrogens (tertiary/aromatic N) is 2. The van der Waals surface area contributed by atoms with Gasteiger partial charge >= 0.3 is 0 Å². The molecule has 0 amide bonds. The summed E-state index contributed by atoms with van der Waals surface area (Å²) in [5.41, 5.74) is 7.94. The number of hydrogen-bond acceptors (Lipinski definition) is 2. The maximum Gasteiger partial charge on any atom is 0.216 e. The lowest BCUT2D eigenvalue weighted by Gasteiger charge is -2.19. The van der Waals surface area contributed by atoms with E-state index in [1.807, 2.05) is 76.2 Å². The SMILES string of the molecule is [2H]c1c(C(C)(C)C)c(F)c([2H])[n+](C)c1-c1c(C)ccc2c1oc1c(-c3ccc(-c4ccc(C)cc4)cc3)c(C#N)ccc12. The molecule has 0 fully saturated rings. The zero-order chi connectivity index (χ0) is 30.8. The van der Waals surface area contributed by atoms with Crippen LogP contribution in [0.3, 0.4) is 0 Å². The highest BCUT2D eigenvalue weighted by molar-refractivity contribution is 6.14. The minimum absolute atomic E-state index is 0.0317. The molecule has 4 heteroatoms. The van der Waals surface area contributed by atoms with Crippen molar-refractivity contribution in [3.05, 3.63) is 113 Å². The largest absolute Gasteiger partial charge is 0.454 e. The van der Waals surface area contributed by atoms with E-state index in [0.29, 0.717) is 33.6 Å². The van der Waals surface area contributed by atoms with E-state index in [4.69, 9.17) is 7.16 Å². The lowest BCUT2D eigenvalue weighted by atomic mass is 9.86. The van der Waals surface area contributed by atoms with E-state index in [-0.39, 0.29) is 17.8 Å². The number of rotatable bonds is 3. The van der Waals surface area contributed by atoms with Gasteiger partial charge in [0.1, 0.15) is 19.6 Å². The summed E-state index contributed by atoms with van der Waals surface area (Å²) in [6.07, 6.45) is -0.287. The molecule has 4 aromatic carbocycles. The molecule has 0 N–H and O–H groups in total. The first-order valence-electron chi connectivity index (χ1n) is 14.7. The number of fused-ring (bicyclic) bond motifs is 3. The number of furan rings is 1. The number of pyridine rings is 1. The first-order valence-corrected chi connectivity index (χ1v) is 13.7. The third-order valence-electron chi connectivity index (χ3n) is 7.75. The van der Waals surface area contributed by atoms with Crippen molar-refractivity contribution >= 4 is 21.9 Å². The second kappa shape index (κ2) is 9.71. The van der Waals surface area contributed by atoms with Gasteiger partial charge < -0.3 is 4.42 Å². The molecule has 0 spiro atoms. The maximum atomic E-state index is 15.4. The molecule has 2 heterocycles. The molecule has 41 heavy (non-hydrogen) atoms. The van der Waals surface area contributed by atoms with Gasteiger partial charge in [-0.15, -0.1) is 0 Å². The Bertz CT molecular complexity index is 2110. The lowest BCUT2D eigenvalue weighted by molar-refractivity contribution is -0.662. The van der Waals surface area contributed by atoms with Crippen molar-refractivity contribution in [1.82, 2.24) is 0 Å². The lowest BCUT2D eigenvalue weighted by Crippen LogP contribution is -2.33. The van der Waals surface area contributed by atoms with Crippen LogP contribution >= 0.6 is 0 Å². The van der Waals surface area contributed by atoms with E-state index in [2.05, 4.69) is 37.3 Å². The van der Waals surface area contributed by atoms with Gasteiger partial charge in [-0.2, -0.15) is 9.83 Å². The summed E-state index contributed by atoms with van der Waals surface area (Å²) in [6.45, 7) is 9.54. The van der Waals surface area contributed by atoms with Gasteiger partial charge in [-0.25, -0.2) is 4.39 Å². The molecule has 0 bridgehead atoms. The summed E-state index contributed by atoms with van der Waals surface area (Å²) in [5.74, 6) is -0.687. The maximum absolute atomic E-state index is 15.4. The molecule has 0 saturated heterocycles. The third kappa shape index (κ3) is 4.48. The molecular weight excluding hydrogens is 507 g/mol. The summed E-state index contributed by atoms with van der Waals surface area (Å²) >= 11 is 0. The van der Waals surface area contributed by atoms with Crippen LogP contribution < -0.4 is 4.57 Å². The molecule has 0 aliphatic carbocycles. The van der Waals surface area contributed by atoms with E-state index < -0.39 is 11.2 Å². The van der Waals surface area contributed by atoms with Crippen LogP contribution in [0.25, 0.3) is 55.4 Å². The first kappa shape index (κ1) is 24.1. The highest BCUT2D eigenvalue weighted by Crippen LogP contribution is 2.42. The zero-order valence-electron chi connectivity index (χ0n) is 26.1. The number of aryl methyl sites for hydroxylation is 2. The summed E-state index contributed by atoms with van der Waals surface area (Å²) in [4.78, 5) is 0. The highest BCUT2D eigenvalue weighted by atomic mass is 19.1. The summed E-state index contributed by atoms with van der Waals surface area (Å²) in [5, 5.41) is 11.8. The van der Waals surface area contributed by atoms with Crippen LogP contribution in [0.2, 0.25) is 0 Å². The normalized spacial score (nSPS) is 12.4. The molecule has 0 aliphatic rings. The molecule has 0 unspecified atom stereocenters. The Morgan fingerprint density at radius 1 is 0.805 bits per heavy atom. The Balaban J connectivity index is 1.63. The van der Waals surface area contributed by atoms with Crippen LogP contribution in [0.5, 0.6) is 0 Å². The molecule has 202 valence electrons. The zero-order valence-corrected chi connectivity index (χ0v) is 24.1. The van der Waals surface area contributed by atoms with Crippen molar-refractivity contribution in [2.75, 3.05) is 0 Å². The average molecular weight is 542 g/mol. The van der Waals surface area contributed by atoms with Gasteiger partial charge in [-0.05, 0) is 53.6 Å². The van der Waals surface area contributed by atoms with Gasteiger partial charge in [0.05, 0.1) is 18.6 Å². The number of halogens is 1. The smallest absolute Gasteiger partial charge is 0.216 e. The predicted octanol–water partition coefficient (Wildman–Crippen LogP) is 9.34. The number of nitriles is 1. The quantitative estimate of drug-likeness (QED) is 0.209. The van der Waals surface area contributed by atoms with Crippen molar-refractivity contribution < 1.29 is 16.1 Å². The van der Waals surface area contributed by atoms with E-state index in [9.17, 15) is 5.26 Å². The molecule has 3 nitrogen and oxygen atoms in total. The Morgan fingerprint density at radius 2 is 1.37 bits per heavy atom. The molecule has 0 saturated carbocycles. The molecule has 6 rings (SSSR count). The fourth-order valence-corrected chi connectivity index (χ4v) is 5.51. The Labute approximate surface area is 242 Å². The van der Waals surface area contributed by atoms with Crippen LogP contribution in [-0.4, -0.2) is 0 Å². The van der Waals surface area contributed by atoms with Crippen molar-refractivity contribution in [3.63, 3.8) is 0 Å².